The van der Waals surface area contributed by atoms with Crippen molar-refractivity contribution in [2.24, 2.45) is 5.92 Å². The minimum absolute atomic E-state index is 0.000642. The highest BCUT2D eigenvalue weighted by molar-refractivity contribution is 6.74. The van der Waals surface area contributed by atoms with E-state index in [0.717, 1.165) is 67.4 Å². The van der Waals surface area contributed by atoms with Gasteiger partial charge in [0, 0.05) is 18.6 Å². The van der Waals surface area contributed by atoms with E-state index in [1.54, 1.807) is 0 Å². The number of carbonyl (C=O) groups is 2. The number of hydrogen-bond donors (Lipinski definition) is 0. The summed E-state index contributed by atoms with van der Waals surface area (Å²) in [4.78, 5) is 25.6. The molecule has 2 aliphatic carbocycles. The third kappa shape index (κ3) is 8.38. The number of esters is 1. The molecule has 1 aliphatic heterocycles. The topological polar surface area (TPSA) is 80.3 Å². The number of allylic oxidation sites excluding steroid dienone is 1. The van der Waals surface area contributed by atoms with Crippen molar-refractivity contribution in [2.75, 3.05) is 20.3 Å². The van der Waals surface area contributed by atoms with Crippen LogP contribution in [0.5, 0.6) is 5.75 Å². The van der Waals surface area contributed by atoms with Crippen molar-refractivity contribution in [3.05, 3.63) is 40.5 Å². The van der Waals surface area contributed by atoms with Gasteiger partial charge in [-0.1, -0.05) is 59.1 Å². The average molecular weight is 615 g/mol. The van der Waals surface area contributed by atoms with Crippen LogP contribution in [-0.2, 0) is 34.6 Å². The first-order chi connectivity index (χ1) is 20.4. The molecule has 1 heterocycles. The van der Waals surface area contributed by atoms with E-state index in [4.69, 9.17) is 23.4 Å². The number of fused-ring (bicyclic) bond motifs is 2. The molecule has 240 valence electrons. The highest BCUT2D eigenvalue weighted by atomic mass is 28.4. The lowest BCUT2D eigenvalue weighted by molar-refractivity contribution is -0.190. The molecule has 1 fully saturated rings. The standard InChI is InChI=1S/C35H54O7Si/c1-8-9-10-14-25(41-32-17-11-12-20-39-32)18-19-27-29(36)22-24-21-28-26(15-13-16-30(28)40-23-31(37)38-5)34(33(24)27)42-43(6,7)35(2,3)4/h13,15-16,24-25,32,34H,8-12,14,17-23H2,1-7H3/t24-,25-,32?,34+/m0/s1. The molecule has 43 heavy (non-hydrogen) atoms. The monoisotopic (exact) mass is 614 g/mol. The van der Waals surface area contributed by atoms with Crippen molar-refractivity contribution in [3.8, 4) is 5.75 Å². The van der Waals surface area contributed by atoms with E-state index in [-0.39, 0.29) is 41.8 Å². The smallest absolute Gasteiger partial charge is 0.343 e. The Morgan fingerprint density at radius 2 is 1.91 bits per heavy atom. The number of methoxy groups -OCH3 is 1. The summed E-state index contributed by atoms with van der Waals surface area (Å²) in [5.41, 5.74) is 4.19. The number of ketones is 1. The zero-order valence-electron chi connectivity index (χ0n) is 27.6. The second-order valence-electron chi connectivity index (χ2n) is 14.0. The van der Waals surface area contributed by atoms with Crippen molar-refractivity contribution in [2.45, 2.75) is 135 Å². The van der Waals surface area contributed by atoms with Crippen LogP contribution in [0.4, 0.5) is 0 Å². The Morgan fingerprint density at radius 3 is 2.58 bits per heavy atom. The quantitative estimate of drug-likeness (QED) is 0.119. The third-order valence-electron chi connectivity index (χ3n) is 9.86. The van der Waals surface area contributed by atoms with Crippen LogP contribution >= 0.6 is 0 Å². The molecule has 1 aromatic rings. The second kappa shape index (κ2) is 14.9. The van der Waals surface area contributed by atoms with Gasteiger partial charge in [-0.15, -0.1) is 0 Å². The Hall–Kier alpha value is -2.00. The molecule has 7 nitrogen and oxygen atoms in total. The molecule has 0 spiro atoms. The molecule has 1 unspecified atom stereocenters. The first-order valence-corrected chi connectivity index (χ1v) is 19.4. The lowest BCUT2D eigenvalue weighted by Gasteiger charge is -2.43. The summed E-state index contributed by atoms with van der Waals surface area (Å²) in [7, 11) is -0.869. The van der Waals surface area contributed by atoms with Gasteiger partial charge < -0.3 is 23.4 Å². The predicted octanol–water partition coefficient (Wildman–Crippen LogP) is 8.02. The number of carbonyl (C=O) groups excluding carboxylic acids is 2. The van der Waals surface area contributed by atoms with E-state index in [1.165, 1.54) is 20.0 Å². The Bertz CT molecular complexity index is 1150. The second-order valence-corrected chi connectivity index (χ2v) is 18.8. The van der Waals surface area contributed by atoms with Crippen molar-refractivity contribution in [1.29, 1.82) is 0 Å². The predicted molar refractivity (Wildman–Crippen MR) is 171 cm³/mol. The zero-order chi connectivity index (χ0) is 31.2. The van der Waals surface area contributed by atoms with Gasteiger partial charge in [0.25, 0.3) is 0 Å². The molecule has 0 bridgehead atoms. The van der Waals surface area contributed by atoms with E-state index >= 15 is 0 Å². The summed E-state index contributed by atoms with van der Waals surface area (Å²) < 4.78 is 30.4. The third-order valence-corrected chi connectivity index (χ3v) is 14.3. The number of hydrogen-bond acceptors (Lipinski definition) is 7. The normalized spacial score (nSPS) is 23.1. The molecule has 1 aromatic carbocycles. The molecule has 4 atom stereocenters. The van der Waals surface area contributed by atoms with Gasteiger partial charge in [0.2, 0.25) is 0 Å². The maximum atomic E-state index is 13.7. The number of ether oxygens (including phenoxy) is 4. The fraction of sp³-hybridized carbons (Fsp3) is 0.714. The number of benzene rings is 1. The fourth-order valence-corrected chi connectivity index (χ4v) is 7.53. The van der Waals surface area contributed by atoms with E-state index < -0.39 is 14.3 Å². The van der Waals surface area contributed by atoms with E-state index in [1.807, 2.05) is 12.1 Å². The Morgan fingerprint density at radius 1 is 1.12 bits per heavy atom. The van der Waals surface area contributed by atoms with Crippen LogP contribution in [0, 0.1) is 5.92 Å². The van der Waals surface area contributed by atoms with E-state index in [9.17, 15) is 9.59 Å². The molecule has 1 saturated heterocycles. The molecule has 0 saturated carbocycles. The summed E-state index contributed by atoms with van der Waals surface area (Å²) in [6.45, 7) is 14.1. The maximum absolute atomic E-state index is 13.7. The number of unbranched alkanes of at least 4 members (excludes halogenated alkanes) is 2. The van der Waals surface area contributed by atoms with Crippen LogP contribution in [-0.4, -0.2) is 52.8 Å². The van der Waals surface area contributed by atoms with Crippen molar-refractivity contribution >= 4 is 20.1 Å². The molecular weight excluding hydrogens is 560 g/mol. The minimum Gasteiger partial charge on any atom is -0.482 e. The largest absolute Gasteiger partial charge is 0.482 e. The SMILES string of the molecule is CCCCC[C@@H](CCC1=C2[C@H](CC1=O)Cc1c(OCC(=O)OC)cccc1[C@H]2O[Si](C)(C)C(C)(C)C)OC1CCCCO1. The molecule has 8 heteroatoms. The van der Waals surface area contributed by atoms with E-state index in [0.29, 0.717) is 25.0 Å². The summed E-state index contributed by atoms with van der Waals surface area (Å²) in [5.74, 6) is 0.544. The van der Waals surface area contributed by atoms with Gasteiger partial charge in [-0.2, -0.15) is 0 Å². The highest BCUT2D eigenvalue weighted by Gasteiger charge is 2.47. The first-order valence-electron chi connectivity index (χ1n) is 16.5. The summed E-state index contributed by atoms with van der Waals surface area (Å²) >= 11 is 0. The summed E-state index contributed by atoms with van der Waals surface area (Å²) in [6, 6.07) is 5.98. The molecule has 3 aliphatic rings. The first kappa shape index (κ1) is 33.9. The van der Waals surface area contributed by atoms with Gasteiger partial charge in [0.1, 0.15) is 5.75 Å². The fourth-order valence-electron chi connectivity index (χ4n) is 6.33. The van der Waals surface area contributed by atoms with Crippen LogP contribution in [0.1, 0.15) is 109 Å². The number of Topliss-reactive ketones (excluding diaryl/α,β-unsaturated/α-hetero) is 1. The van der Waals surface area contributed by atoms with Crippen LogP contribution < -0.4 is 4.74 Å². The molecular formula is C35H54O7Si. The van der Waals surface area contributed by atoms with Crippen LogP contribution in [0.15, 0.2) is 29.3 Å². The summed E-state index contributed by atoms with van der Waals surface area (Å²) in [6.07, 6.45) is 9.95. The van der Waals surface area contributed by atoms with Crippen LogP contribution in [0.25, 0.3) is 0 Å². The van der Waals surface area contributed by atoms with Crippen LogP contribution in [0.2, 0.25) is 18.1 Å². The molecule has 0 N–H and O–H groups in total. The zero-order valence-corrected chi connectivity index (χ0v) is 28.6. The average Bonchev–Trinajstić information content (AvgIpc) is 3.28. The van der Waals surface area contributed by atoms with Gasteiger partial charge in [-0.05, 0) is 91.8 Å². The highest BCUT2D eigenvalue weighted by Crippen LogP contribution is 2.52. The lowest BCUT2D eigenvalue weighted by atomic mass is 9.78. The van der Waals surface area contributed by atoms with Crippen molar-refractivity contribution in [3.63, 3.8) is 0 Å². The van der Waals surface area contributed by atoms with Crippen LogP contribution in [0.3, 0.4) is 0 Å². The van der Waals surface area contributed by atoms with Gasteiger partial charge in [-0.3, -0.25) is 4.79 Å². The molecule has 0 radical (unpaired) electrons. The van der Waals surface area contributed by atoms with Crippen molar-refractivity contribution in [1.82, 2.24) is 0 Å². The van der Waals surface area contributed by atoms with E-state index in [2.05, 4.69) is 46.9 Å². The number of rotatable bonds is 14. The van der Waals surface area contributed by atoms with Crippen molar-refractivity contribution < 1.29 is 33.0 Å². The summed E-state index contributed by atoms with van der Waals surface area (Å²) in [5, 5.41) is 0.000642. The molecule has 0 aromatic heterocycles. The van der Waals surface area contributed by atoms with Gasteiger partial charge in [0.15, 0.2) is 27.0 Å². The Balaban J connectivity index is 1.66. The molecule has 0 amide bonds. The maximum Gasteiger partial charge on any atom is 0.343 e. The molecule has 4 rings (SSSR count). The Labute approximate surface area is 260 Å². The van der Waals surface area contributed by atoms with Gasteiger partial charge >= 0.3 is 5.97 Å². The van der Waals surface area contributed by atoms with Gasteiger partial charge in [0.05, 0.1) is 19.3 Å². The Kier molecular flexibility index (Phi) is 11.7. The lowest BCUT2D eigenvalue weighted by Crippen LogP contribution is -2.43. The van der Waals surface area contributed by atoms with Gasteiger partial charge in [-0.25, -0.2) is 4.79 Å². The minimum atomic E-state index is -2.23.